The summed E-state index contributed by atoms with van der Waals surface area (Å²) in [7, 11) is 0. The van der Waals surface area contributed by atoms with E-state index in [-0.39, 0.29) is 0 Å². The molecule has 1 aromatic carbocycles. The molecule has 1 saturated carbocycles. The van der Waals surface area contributed by atoms with Gasteiger partial charge in [-0.25, -0.2) is 0 Å². The lowest BCUT2D eigenvalue weighted by Crippen LogP contribution is -2.46. The van der Waals surface area contributed by atoms with Crippen molar-refractivity contribution in [3.8, 4) is 6.07 Å². The van der Waals surface area contributed by atoms with Crippen LogP contribution in [0.1, 0.15) is 33.1 Å². The molecule has 0 aliphatic heterocycles. The summed E-state index contributed by atoms with van der Waals surface area (Å²) in [5, 5.41) is 13.7. The number of nitrogens with one attached hydrogen (secondary N) is 1. The third-order valence-electron chi connectivity index (χ3n) is 4.06. The molecule has 1 fully saturated rings. The van der Waals surface area contributed by atoms with Gasteiger partial charge < -0.3 is 5.32 Å². The highest BCUT2D eigenvalue weighted by molar-refractivity contribution is 6.33. The molecule has 0 saturated heterocycles. The minimum Gasteiger partial charge on any atom is -0.366 e. The molecule has 0 bridgehead atoms. The minimum atomic E-state index is -0.475. The molecule has 3 atom stereocenters. The van der Waals surface area contributed by atoms with Crippen molar-refractivity contribution in [1.82, 2.24) is 0 Å². The van der Waals surface area contributed by atoms with Crippen molar-refractivity contribution in [2.24, 2.45) is 11.8 Å². The van der Waals surface area contributed by atoms with Crippen molar-refractivity contribution >= 4 is 17.3 Å². The second-order valence-electron chi connectivity index (χ2n) is 5.47. The zero-order valence-corrected chi connectivity index (χ0v) is 11.7. The number of para-hydroxylation sites is 1. The first kappa shape index (κ1) is 13.2. The van der Waals surface area contributed by atoms with Gasteiger partial charge in [0.05, 0.1) is 16.8 Å². The number of hydrogen-bond donors (Lipinski definition) is 1. The molecule has 3 unspecified atom stereocenters. The molecule has 0 radical (unpaired) electrons. The van der Waals surface area contributed by atoms with Gasteiger partial charge in [0.15, 0.2) is 0 Å². The molecule has 0 aromatic heterocycles. The van der Waals surface area contributed by atoms with Crippen molar-refractivity contribution in [2.75, 3.05) is 5.32 Å². The van der Waals surface area contributed by atoms with Crippen molar-refractivity contribution in [1.29, 1.82) is 5.26 Å². The Balaban J connectivity index is 2.24. The van der Waals surface area contributed by atoms with Gasteiger partial charge >= 0.3 is 0 Å². The van der Waals surface area contributed by atoms with Crippen LogP contribution in [0, 0.1) is 23.2 Å². The van der Waals surface area contributed by atoms with E-state index >= 15 is 0 Å². The fourth-order valence-electron chi connectivity index (χ4n) is 2.83. The first-order chi connectivity index (χ1) is 8.57. The van der Waals surface area contributed by atoms with E-state index < -0.39 is 5.54 Å². The molecular formula is C15H19ClN2. The van der Waals surface area contributed by atoms with Crippen molar-refractivity contribution in [2.45, 2.75) is 38.6 Å². The SMILES string of the molecule is CC1CCC(C#N)(Nc2ccccc2Cl)C(C)C1. The summed E-state index contributed by atoms with van der Waals surface area (Å²) < 4.78 is 0. The highest BCUT2D eigenvalue weighted by Crippen LogP contribution is 2.39. The van der Waals surface area contributed by atoms with Crippen LogP contribution in [0.25, 0.3) is 0 Å². The summed E-state index contributed by atoms with van der Waals surface area (Å²) in [4.78, 5) is 0. The van der Waals surface area contributed by atoms with Crippen molar-refractivity contribution in [3.05, 3.63) is 29.3 Å². The molecule has 0 amide bonds. The van der Waals surface area contributed by atoms with Crippen LogP contribution in [0.3, 0.4) is 0 Å². The standard InChI is InChI=1S/C15H19ClN2/c1-11-7-8-15(10-17,12(2)9-11)18-14-6-4-3-5-13(14)16/h3-6,11-12,18H,7-9H2,1-2H3. The number of rotatable bonds is 2. The average molecular weight is 263 g/mol. The number of hydrogen-bond acceptors (Lipinski definition) is 2. The maximum atomic E-state index is 9.59. The van der Waals surface area contributed by atoms with Gasteiger partial charge in [0, 0.05) is 0 Å². The quantitative estimate of drug-likeness (QED) is 0.854. The van der Waals surface area contributed by atoms with Crippen molar-refractivity contribution < 1.29 is 0 Å². The molecule has 1 aliphatic rings. The number of nitrogens with zero attached hydrogens (tertiary/aromatic N) is 1. The van der Waals surface area contributed by atoms with E-state index in [4.69, 9.17) is 11.6 Å². The van der Waals surface area contributed by atoms with E-state index in [2.05, 4.69) is 25.2 Å². The first-order valence-electron chi connectivity index (χ1n) is 6.51. The summed E-state index contributed by atoms with van der Waals surface area (Å²) >= 11 is 6.17. The van der Waals surface area contributed by atoms with Gasteiger partial charge in [-0.3, -0.25) is 0 Å². The Morgan fingerprint density at radius 3 is 2.72 bits per heavy atom. The van der Waals surface area contributed by atoms with Crippen molar-refractivity contribution in [3.63, 3.8) is 0 Å². The minimum absolute atomic E-state index is 0.336. The molecule has 1 aromatic rings. The molecule has 18 heavy (non-hydrogen) atoms. The number of anilines is 1. The third-order valence-corrected chi connectivity index (χ3v) is 4.39. The Hall–Kier alpha value is -1.20. The van der Waals surface area contributed by atoms with Crippen LogP contribution in [-0.2, 0) is 0 Å². The molecule has 2 rings (SSSR count). The molecule has 3 heteroatoms. The summed E-state index contributed by atoms with van der Waals surface area (Å²) in [6, 6.07) is 10.1. The van der Waals surface area contributed by atoms with Gasteiger partial charge in [-0.05, 0) is 43.2 Å². The zero-order chi connectivity index (χ0) is 13.2. The van der Waals surface area contributed by atoms with E-state index in [0.29, 0.717) is 16.9 Å². The van der Waals surface area contributed by atoms with Crippen LogP contribution < -0.4 is 5.32 Å². The van der Waals surface area contributed by atoms with Gasteiger partial charge in [0.2, 0.25) is 0 Å². The van der Waals surface area contributed by atoms with Crippen LogP contribution in [0.5, 0.6) is 0 Å². The van der Waals surface area contributed by atoms with Crippen LogP contribution >= 0.6 is 11.6 Å². The van der Waals surface area contributed by atoms with E-state index in [9.17, 15) is 5.26 Å². The predicted molar refractivity (Wildman–Crippen MR) is 75.6 cm³/mol. The van der Waals surface area contributed by atoms with Gasteiger partial charge in [0.1, 0.15) is 5.54 Å². The normalized spacial score (nSPS) is 31.7. The molecule has 96 valence electrons. The third kappa shape index (κ3) is 2.47. The fourth-order valence-corrected chi connectivity index (χ4v) is 3.01. The maximum absolute atomic E-state index is 9.59. The molecule has 1 aliphatic carbocycles. The van der Waals surface area contributed by atoms with Gasteiger partial charge in [-0.2, -0.15) is 5.26 Å². The Morgan fingerprint density at radius 2 is 2.11 bits per heavy atom. The van der Waals surface area contributed by atoms with Crippen LogP contribution in [0.2, 0.25) is 5.02 Å². The second-order valence-corrected chi connectivity index (χ2v) is 5.88. The lowest BCUT2D eigenvalue weighted by Gasteiger charge is -2.41. The van der Waals surface area contributed by atoms with E-state index in [1.54, 1.807) is 0 Å². The van der Waals surface area contributed by atoms with Gasteiger partial charge in [-0.15, -0.1) is 0 Å². The fraction of sp³-hybridized carbons (Fsp3) is 0.533. The van der Waals surface area contributed by atoms with Gasteiger partial charge in [-0.1, -0.05) is 37.6 Å². The lowest BCUT2D eigenvalue weighted by atomic mass is 9.70. The molecule has 0 heterocycles. The average Bonchev–Trinajstić information content (AvgIpc) is 2.36. The van der Waals surface area contributed by atoms with E-state index in [0.717, 1.165) is 24.9 Å². The smallest absolute Gasteiger partial charge is 0.128 e. The van der Waals surface area contributed by atoms with Gasteiger partial charge in [0.25, 0.3) is 0 Å². The van der Waals surface area contributed by atoms with Crippen LogP contribution in [-0.4, -0.2) is 5.54 Å². The molecule has 2 nitrogen and oxygen atoms in total. The molecule has 1 N–H and O–H groups in total. The van der Waals surface area contributed by atoms with E-state index in [1.165, 1.54) is 0 Å². The molecule has 0 spiro atoms. The largest absolute Gasteiger partial charge is 0.366 e. The Bertz CT molecular complexity index is 466. The second kappa shape index (κ2) is 5.20. The summed E-state index contributed by atoms with van der Waals surface area (Å²) in [6.07, 6.45) is 3.07. The number of benzene rings is 1. The number of halogens is 1. The summed E-state index contributed by atoms with van der Waals surface area (Å²) in [5.41, 5.74) is 0.388. The number of nitriles is 1. The Kier molecular flexibility index (Phi) is 3.82. The highest BCUT2D eigenvalue weighted by atomic mass is 35.5. The summed E-state index contributed by atoms with van der Waals surface area (Å²) in [6.45, 7) is 4.41. The zero-order valence-electron chi connectivity index (χ0n) is 10.9. The topological polar surface area (TPSA) is 35.8 Å². The Labute approximate surface area is 114 Å². The maximum Gasteiger partial charge on any atom is 0.128 e. The Morgan fingerprint density at radius 1 is 1.39 bits per heavy atom. The van der Waals surface area contributed by atoms with Crippen LogP contribution in [0.15, 0.2) is 24.3 Å². The predicted octanol–water partition coefficient (Wildman–Crippen LogP) is 4.47. The monoisotopic (exact) mass is 262 g/mol. The van der Waals surface area contributed by atoms with E-state index in [1.807, 2.05) is 24.3 Å². The molecular weight excluding hydrogens is 244 g/mol. The summed E-state index contributed by atoms with van der Waals surface area (Å²) in [5.74, 6) is 1.04. The first-order valence-corrected chi connectivity index (χ1v) is 6.89. The van der Waals surface area contributed by atoms with Crippen LogP contribution in [0.4, 0.5) is 5.69 Å². The lowest BCUT2D eigenvalue weighted by molar-refractivity contribution is 0.229. The highest BCUT2D eigenvalue weighted by Gasteiger charge is 2.40.